The van der Waals surface area contributed by atoms with E-state index in [2.05, 4.69) is 24.1 Å². The Hall–Kier alpha value is -3.00. The van der Waals surface area contributed by atoms with Gasteiger partial charge in [-0.15, -0.1) is 11.3 Å². The van der Waals surface area contributed by atoms with Crippen LogP contribution in [0, 0.1) is 11.7 Å². The van der Waals surface area contributed by atoms with Crippen molar-refractivity contribution in [3.05, 3.63) is 75.8 Å². The third kappa shape index (κ3) is 6.28. The van der Waals surface area contributed by atoms with E-state index in [9.17, 15) is 14.0 Å². The van der Waals surface area contributed by atoms with Gasteiger partial charge in [0, 0.05) is 29.9 Å². The molecule has 2 amide bonds. The van der Waals surface area contributed by atoms with Crippen molar-refractivity contribution in [2.24, 2.45) is 5.92 Å². The number of thiazole rings is 1. The molecular formula is C25H31FN4O2S. The van der Waals surface area contributed by atoms with Crippen molar-refractivity contribution in [3.63, 3.8) is 0 Å². The van der Waals surface area contributed by atoms with Gasteiger partial charge in [-0.2, -0.15) is 0 Å². The van der Waals surface area contributed by atoms with Crippen LogP contribution in [0.25, 0.3) is 0 Å². The van der Waals surface area contributed by atoms with Crippen molar-refractivity contribution in [3.8, 4) is 0 Å². The minimum atomic E-state index is -0.514. The number of halogens is 1. The van der Waals surface area contributed by atoms with Crippen molar-refractivity contribution in [1.29, 1.82) is 0 Å². The topological polar surface area (TPSA) is 67.2 Å². The highest BCUT2D eigenvalue weighted by atomic mass is 32.1. The van der Waals surface area contributed by atoms with Crippen LogP contribution >= 0.6 is 11.3 Å². The van der Waals surface area contributed by atoms with Crippen LogP contribution < -0.4 is 5.32 Å². The molecule has 2 heterocycles. The van der Waals surface area contributed by atoms with Gasteiger partial charge < -0.3 is 14.8 Å². The fourth-order valence-corrected chi connectivity index (χ4v) is 4.12. The van der Waals surface area contributed by atoms with E-state index in [1.165, 1.54) is 23.5 Å². The van der Waals surface area contributed by atoms with Crippen LogP contribution in [0.3, 0.4) is 0 Å². The highest BCUT2D eigenvalue weighted by molar-refractivity contribution is 7.09. The van der Waals surface area contributed by atoms with Gasteiger partial charge in [-0.3, -0.25) is 9.59 Å². The summed E-state index contributed by atoms with van der Waals surface area (Å²) in [6, 6.07) is 9.99. The number of nitrogens with one attached hydrogen (secondary N) is 1. The maximum absolute atomic E-state index is 14.2. The zero-order chi connectivity index (χ0) is 24.0. The Labute approximate surface area is 198 Å². The molecule has 0 radical (unpaired) electrons. The largest absolute Gasteiger partial charge is 0.348 e. The van der Waals surface area contributed by atoms with Crippen molar-refractivity contribution in [2.45, 2.75) is 53.2 Å². The number of benzene rings is 1. The Morgan fingerprint density at radius 2 is 1.94 bits per heavy atom. The van der Waals surface area contributed by atoms with E-state index in [4.69, 9.17) is 0 Å². The van der Waals surface area contributed by atoms with Crippen LogP contribution in [0.2, 0.25) is 0 Å². The summed E-state index contributed by atoms with van der Waals surface area (Å²) in [5.74, 6) is -0.668. The Balaban J connectivity index is 1.72. The molecule has 1 atom stereocenters. The van der Waals surface area contributed by atoms with Gasteiger partial charge in [-0.05, 0) is 43.5 Å². The second-order valence-corrected chi connectivity index (χ2v) is 9.41. The summed E-state index contributed by atoms with van der Waals surface area (Å²) in [5, 5.41) is 5.55. The van der Waals surface area contributed by atoms with Gasteiger partial charge >= 0.3 is 0 Å². The van der Waals surface area contributed by atoms with Gasteiger partial charge in [-0.1, -0.05) is 32.9 Å². The molecule has 8 heteroatoms. The summed E-state index contributed by atoms with van der Waals surface area (Å²) in [7, 11) is 0. The van der Waals surface area contributed by atoms with Crippen molar-refractivity contribution in [2.75, 3.05) is 6.54 Å². The highest BCUT2D eigenvalue weighted by Crippen LogP contribution is 2.17. The number of carbonyl (C=O) groups excluding carboxylic acids is 2. The zero-order valence-electron chi connectivity index (χ0n) is 19.5. The monoisotopic (exact) mass is 470 g/mol. The molecule has 0 aliphatic heterocycles. The Morgan fingerprint density at radius 1 is 1.18 bits per heavy atom. The van der Waals surface area contributed by atoms with Gasteiger partial charge in [0.1, 0.15) is 16.5 Å². The first-order valence-corrected chi connectivity index (χ1v) is 12.1. The molecule has 1 aromatic carbocycles. The normalized spacial score (nSPS) is 12.1. The van der Waals surface area contributed by atoms with Crippen LogP contribution in [-0.2, 0) is 13.1 Å². The summed E-state index contributed by atoms with van der Waals surface area (Å²) in [5.41, 5.74) is 1.41. The molecule has 0 saturated heterocycles. The van der Waals surface area contributed by atoms with E-state index in [1.807, 2.05) is 36.7 Å². The molecule has 176 valence electrons. The molecule has 33 heavy (non-hydrogen) atoms. The first-order chi connectivity index (χ1) is 15.8. The molecule has 0 fully saturated rings. The van der Waals surface area contributed by atoms with E-state index < -0.39 is 5.82 Å². The molecule has 0 spiro atoms. The van der Waals surface area contributed by atoms with E-state index in [-0.39, 0.29) is 23.4 Å². The molecule has 3 rings (SSSR count). The fraction of sp³-hybridized carbons (Fsp3) is 0.400. The summed E-state index contributed by atoms with van der Waals surface area (Å²) in [4.78, 5) is 31.6. The van der Waals surface area contributed by atoms with Gasteiger partial charge in [0.15, 0.2) is 0 Å². The second-order valence-electron chi connectivity index (χ2n) is 8.47. The lowest BCUT2D eigenvalue weighted by Gasteiger charge is -2.23. The van der Waals surface area contributed by atoms with Crippen LogP contribution in [-0.4, -0.2) is 38.9 Å². The predicted molar refractivity (Wildman–Crippen MR) is 129 cm³/mol. The lowest BCUT2D eigenvalue weighted by atomic mass is 10.1. The predicted octanol–water partition coefficient (Wildman–Crippen LogP) is 4.96. The molecule has 0 aliphatic rings. The molecular weight excluding hydrogens is 439 g/mol. The third-order valence-corrected chi connectivity index (χ3v) is 6.44. The van der Waals surface area contributed by atoms with Crippen LogP contribution in [0.1, 0.15) is 65.7 Å². The summed E-state index contributed by atoms with van der Waals surface area (Å²) < 4.78 is 16.2. The van der Waals surface area contributed by atoms with E-state index >= 15 is 0 Å². The van der Waals surface area contributed by atoms with Crippen LogP contribution in [0.15, 0.2) is 48.0 Å². The molecule has 6 nitrogen and oxygen atoms in total. The standard InChI is InChI=1S/C25H31FN4O2S/c1-5-12-30(25(32)20-10-6-7-11-21(20)26)14-19-9-8-13-29(19)15-23-28-22(16-33-23)24(31)27-18(4)17(2)3/h6-11,13,16-18H,5,12,14-15H2,1-4H3,(H,27,31). The Morgan fingerprint density at radius 3 is 2.64 bits per heavy atom. The number of hydrogen-bond acceptors (Lipinski definition) is 4. The lowest BCUT2D eigenvalue weighted by Crippen LogP contribution is -2.36. The molecule has 0 saturated carbocycles. The van der Waals surface area contributed by atoms with E-state index in [1.54, 1.807) is 22.4 Å². The Kier molecular flexibility index (Phi) is 8.38. The number of aromatic nitrogens is 2. The quantitative estimate of drug-likeness (QED) is 0.455. The zero-order valence-corrected chi connectivity index (χ0v) is 20.4. The maximum Gasteiger partial charge on any atom is 0.270 e. The summed E-state index contributed by atoms with van der Waals surface area (Å²) in [6.07, 6.45) is 2.69. The second kappa shape index (κ2) is 11.2. The van der Waals surface area contributed by atoms with Crippen molar-refractivity contribution < 1.29 is 14.0 Å². The number of hydrogen-bond donors (Lipinski definition) is 1. The molecule has 1 unspecified atom stereocenters. The summed E-state index contributed by atoms with van der Waals surface area (Å²) >= 11 is 1.43. The smallest absolute Gasteiger partial charge is 0.270 e. The number of amides is 2. The number of rotatable bonds is 10. The fourth-order valence-electron chi connectivity index (χ4n) is 3.35. The van der Waals surface area contributed by atoms with Crippen LogP contribution in [0.5, 0.6) is 0 Å². The Bertz CT molecular complexity index is 1090. The van der Waals surface area contributed by atoms with Gasteiger partial charge in [-0.25, -0.2) is 9.37 Å². The van der Waals surface area contributed by atoms with Gasteiger partial charge in [0.25, 0.3) is 11.8 Å². The van der Waals surface area contributed by atoms with Crippen molar-refractivity contribution in [1.82, 2.24) is 19.8 Å². The third-order valence-electron chi connectivity index (χ3n) is 5.61. The summed E-state index contributed by atoms with van der Waals surface area (Å²) in [6.45, 7) is 9.46. The van der Waals surface area contributed by atoms with Crippen molar-refractivity contribution >= 4 is 23.2 Å². The highest BCUT2D eigenvalue weighted by Gasteiger charge is 2.20. The molecule has 0 aliphatic carbocycles. The van der Waals surface area contributed by atoms with Gasteiger partial charge in [0.05, 0.1) is 18.7 Å². The first-order valence-electron chi connectivity index (χ1n) is 11.2. The molecule has 3 aromatic rings. The number of nitrogens with zero attached hydrogens (tertiary/aromatic N) is 3. The minimum absolute atomic E-state index is 0.0650. The van der Waals surface area contributed by atoms with E-state index in [0.717, 1.165) is 17.1 Å². The van der Waals surface area contributed by atoms with E-state index in [0.29, 0.717) is 31.2 Å². The minimum Gasteiger partial charge on any atom is -0.348 e. The SMILES string of the molecule is CCCN(Cc1cccn1Cc1nc(C(=O)NC(C)C(C)C)cs1)C(=O)c1ccccc1F. The van der Waals surface area contributed by atoms with Crippen LogP contribution in [0.4, 0.5) is 4.39 Å². The molecule has 2 aromatic heterocycles. The van der Waals surface area contributed by atoms with Gasteiger partial charge in [0.2, 0.25) is 0 Å². The average molecular weight is 471 g/mol. The number of carbonyl (C=O) groups is 2. The molecule has 0 bridgehead atoms. The average Bonchev–Trinajstić information content (AvgIpc) is 3.43. The molecule has 1 N–H and O–H groups in total. The maximum atomic E-state index is 14.2. The lowest BCUT2D eigenvalue weighted by molar-refractivity contribution is 0.0734. The first kappa shape index (κ1) is 24.6.